The van der Waals surface area contributed by atoms with Crippen molar-refractivity contribution in [3.63, 3.8) is 0 Å². The summed E-state index contributed by atoms with van der Waals surface area (Å²) in [7, 11) is 0. The van der Waals surface area contributed by atoms with E-state index in [0.717, 1.165) is 17.4 Å². The number of hydrogen-bond donors (Lipinski definition) is 2. The molecule has 2 N–H and O–H groups in total. The summed E-state index contributed by atoms with van der Waals surface area (Å²) in [4.78, 5) is 40.4. The van der Waals surface area contributed by atoms with Crippen molar-refractivity contribution in [3.8, 4) is 5.88 Å². The molecule has 10 nitrogen and oxygen atoms in total. The van der Waals surface area contributed by atoms with E-state index in [4.69, 9.17) is 4.74 Å². The van der Waals surface area contributed by atoms with Gasteiger partial charge in [0.25, 0.3) is 11.5 Å². The van der Waals surface area contributed by atoms with Gasteiger partial charge in [0.1, 0.15) is 5.65 Å². The SMILES string of the molecule is C[C@@H]1CN(C(=O)/C=C/c2cnn3c(=O)c(C(=O)NC4CC4)c(O)n(CC(C)(C)C)c23)C[C@H](C)O1. The number of fused-ring (bicyclic) bond motifs is 1. The van der Waals surface area contributed by atoms with Crippen LogP contribution in [0.3, 0.4) is 0 Å². The monoisotopic (exact) mass is 471 g/mol. The van der Waals surface area contributed by atoms with Crippen LogP contribution in [0.25, 0.3) is 11.7 Å². The molecule has 2 aliphatic rings. The maximum absolute atomic E-state index is 13.1. The van der Waals surface area contributed by atoms with Crippen LogP contribution in [0.15, 0.2) is 17.1 Å². The zero-order valence-corrected chi connectivity index (χ0v) is 20.4. The van der Waals surface area contributed by atoms with Crippen LogP contribution in [0.5, 0.6) is 5.88 Å². The lowest BCUT2D eigenvalue weighted by molar-refractivity contribution is -0.137. The fraction of sp³-hybridized carbons (Fsp3) is 0.583. The molecule has 1 saturated heterocycles. The molecule has 0 aromatic carbocycles. The first kappa shape index (κ1) is 24.0. The second kappa shape index (κ2) is 8.90. The first-order valence-corrected chi connectivity index (χ1v) is 11.7. The molecule has 2 atom stereocenters. The summed E-state index contributed by atoms with van der Waals surface area (Å²) >= 11 is 0. The number of ether oxygens (including phenoxy) is 1. The van der Waals surface area contributed by atoms with Gasteiger partial charge in [-0.1, -0.05) is 20.8 Å². The Labute approximate surface area is 198 Å². The van der Waals surface area contributed by atoms with Gasteiger partial charge in [0.15, 0.2) is 5.56 Å². The summed E-state index contributed by atoms with van der Waals surface area (Å²) in [6, 6.07) is 0.0332. The molecule has 3 heterocycles. The van der Waals surface area contributed by atoms with Crippen molar-refractivity contribution in [2.24, 2.45) is 5.41 Å². The lowest BCUT2D eigenvalue weighted by atomic mass is 9.96. The topological polar surface area (TPSA) is 118 Å². The van der Waals surface area contributed by atoms with Crippen molar-refractivity contribution < 1.29 is 19.4 Å². The van der Waals surface area contributed by atoms with E-state index < -0.39 is 17.3 Å². The minimum Gasteiger partial charge on any atom is -0.494 e. The summed E-state index contributed by atoms with van der Waals surface area (Å²) in [6.07, 6.45) is 6.12. The Hall–Kier alpha value is -3.14. The van der Waals surface area contributed by atoms with Gasteiger partial charge in [-0.05, 0) is 38.2 Å². The molecule has 2 amide bonds. The molecule has 1 aliphatic carbocycles. The van der Waals surface area contributed by atoms with E-state index in [-0.39, 0.29) is 35.1 Å². The van der Waals surface area contributed by atoms with Crippen LogP contribution in [0, 0.1) is 5.41 Å². The quantitative estimate of drug-likeness (QED) is 0.642. The molecule has 34 heavy (non-hydrogen) atoms. The Kier molecular flexibility index (Phi) is 6.28. The summed E-state index contributed by atoms with van der Waals surface area (Å²) in [5.74, 6) is -1.17. The third-order valence-electron chi connectivity index (χ3n) is 5.82. The summed E-state index contributed by atoms with van der Waals surface area (Å²) < 4.78 is 8.34. The van der Waals surface area contributed by atoms with Crippen LogP contribution in [0.2, 0.25) is 0 Å². The van der Waals surface area contributed by atoms with Crippen molar-refractivity contribution in [1.29, 1.82) is 0 Å². The predicted molar refractivity (Wildman–Crippen MR) is 127 cm³/mol. The number of aromatic nitrogens is 3. The maximum Gasteiger partial charge on any atom is 0.291 e. The van der Waals surface area contributed by atoms with Crippen molar-refractivity contribution in [1.82, 2.24) is 24.4 Å². The number of nitrogens with zero attached hydrogens (tertiary/aromatic N) is 4. The lowest BCUT2D eigenvalue weighted by Crippen LogP contribution is -2.47. The van der Waals surface area contributed by atoms with Gasteiger partial charge >= 0.3 is 0 Å². The van der Waals surface area contributed by atoms with Crippen LogP contribution >= 0.6 is 0 Å². The number of nitrogens with one attached hydrogen (secondary N) is 1. The number of rotatable bonds is 5. The molecule has 0 radical (unpaired) electrons. The molecule has 2 fully saturated rings. The third kappa shape index (κ3) is 5.01. The molecule has 1 saturated carbocycles. The Morgan fingerprint density at radius 2 is 1.88 bits per heavy atom. The molecule has 184 valence electrons. The van der Waals surface area contributed by atoms with Crippen LogP contribution < -0.4 is 10.9 Å². The van der Waals surface area contributed by atoms with Crippen molar-refractivity contribution >= 4 is 23.5 Å². The van der Waals surface area contributed by atoms with E-state index in [9.17, 15) is 19.5 Å². The minimum atomic E-state index is -0.697. The van der Waals surface area contributed by atoms with E-state index in [1.54, 1.807) is 11.0 Å². The van der Waals surface area contributed by atoms with E-state index in [1.165, 1.54) is 16.8 Å². The predicted octanol–water partition coefficient (Wildman–Crippen LogP) is 1.79. The standard InChI is InChI=1S/C24H33N5O5/c1-14-11-27(12-15(2)34-14)18(30)9-6-16-10-25-29-21(16)28(13-24(3,4)5)22(32)19(23(29)33)20(31)26-17-7-8-17/h6,9-10,14-15,17,32H,7-8,11-13H2,1-5H3,(H,26,31)/b9-6+/t14-,15+. The number of carbonyl (C=O) groups excluding carboxylic acids is 2. The maximum atomic E-state index is 13.1. The van der Waals surface area contributed by atoms with Gasteiger partial charge in [0, 0.05) is 37.3 Å². The number of aromatic hydroxyl groups is 1. The molecule has 0 spiro atoms. The molecular formula is C24H33N5O5. The van der Waals surface area contributed by atoms with E-state index in [2.05, 4.69) is 10.4 Å². The van der Waals surface area contributed by atoms with Crippen molar-refractivity contribution in [2.75, 3.05) is 13.1 Å². The Morgan fingerprint density at radius 3 is 2.47 bits per heavy atom. The first-order chi connectivity index (χ1) is 15.9. The molecule has 10 heteroatoms. The molecule has 0 unspecified atom stereocenters. The highest BCUT2D eigenvalue weighted by atomic mass is 16.5. The highest BCUT2D eigenvalue weighted by Gasteiger charge is 2.31. The second-order valence-electron chi connectivity index (χ2n) is 10.6. The van der Waals surface area contributed by atoms with Gasteiger partial charge in [-0.15, -0.1) is 0 Å². The molecule has 2 aromatic heterocycles. The van der Waals surface area contributed by atoms with Gasteiger partial charge in [0.05, 0.1) is 18.4 Å². The fourth-order valence-electron chi connectivity index (χ4n) is 4.26. The van der Waals surface area contributed by atoms with Crippen molar-refractivity contribution in [2.45, 2.75) is 72.3 Å². The molecule has 0 bridgehead atoms. The average Bonchev–Trinajstić information content (AvgIpc) is 3.43. The van der Waals surface area contributed by atoms with Gasteiger partial charge in [-0.25, -0.2) is 0 Å². The largest absolute Gasteiger partial charge is 0.494 e. The Morgan fingerprint density at radius 1 is 1.24 bits per heavy atom. The zero-order valence-electron chi connectivity index (χ0n) is 20.4. The van der Waals surface area contributed by atoms with E-state index in [1.807, 2.05) is 34.6 Å². The lowest BCUT2D eigenvalue weighted by Gasteiger charge is -2.34. The molecular weight excluding hydrogens is 438 g/mol. The number of amides is 2. The fourth-order valence-corrected chi connectivity index (χ4v) is 4.26. The number of morpholine rings is 1. The molecule has 4 rings (SSSR count). The van der Waals surface area contributed by atoms with Crippen LogP contribution in [0.1, 0.15) is 63.4 Å². The van der Waals surface area contributed by atoms with E-state index in [0.29, 0.717) is 30.8 Å². The molecule has 2 aromatic rings. The summed E-state index contributed by atoms with van der Waals surface area (Å²) in [6.45, 7) is 11.1. The highest BCUT2D eigenvalue weighted by molar-refractivity contribution is 5.97. The summed E-state index contributed by atoms with van der Waals surface area (Å²) in [5, 5.41) is 18.0. The van der Waals surface area contributed by atoms with Gasteiger partial charge in [0.2, 0.25) is 11.8 Å². The van der Waals surface area contributed by atoms with Crippen molar-refractivity contribution in [3.05, 3.63) is 33.8 Å². The number of carbonyl (C=O) groups is 2. The Bertz CT molecular complexity index is 1190. The first-order valence-electron chi connectivity index (χ1n) is 11.7. The highest BCUT2D eigenvalue weighted by Crippen LogP contribution is 2.27. The van der Waals surface area contributed by atoms with Crippen LogP contribution in [-0.4, -0.2) is 67.3 Å². The zero-order chi connectivity index (χ0) is 24.8. The molecule has 1 aliphatic heterocycles. The van der Waals surface area contributed by atoms with E-state index >= 15 is 0 Å². The third-order valence-corrected chi connectivity index (χ3v) is 5.82. The van der Waals surface area contributed by atoms with Gasteiger partial charge in [-0.2, -0.15) is 9.61 Å². The summed E-state index contributed by atoms with van der Waals surface area (Å²) in [5.41, 5.74) is -0.479. The van der Waals surface area contributed by atoms with Crippen LogP contribution in [0.4, 0.5) is 0 Å². The average molecular weight is 472 g/mol. The second-order valence-corrected chi connectivity index (χ2v) is 10.6. The van der Waals surface area contributed by atoms with Gasteiger partial charge in [-0.3, -0.25) is 19.0 Å². The number of hydrogen-bond acceptors (Lipinski definition) is 6. The normalized spacial score (nSPS) is 21.4. The minimum absolute atomic E-state index is 0.0332. The Balaban J connectivity index is 1.75. The smallest absolute Gasteiger partial charge is 0.291 e. The van der Waals surface area contributed by atoms with Gasteiger partial charge < -0.3 is 20.1 Å². The van der Waals surface area contributed by atoms with Crippen LogP contribution in [-0.2, 0) is 16.1 Å².